The van der Waals surface area contributed by atoms with Gasteiger partial charge in [-0.2, -0.15) is 0 Å². The van der Waals surface area contributed by atoms with Crippen molar-refractivity contribution in [3.8, 4) is 0 Å². The second-order valence-corrected chi connectivity index (χ2v) is 4.40. The highest BCUT2D eigenvalue weighted by molar-refractivity contribution is 6.23. The number of allylic oxidation sites excluding steroid dienone is 1. The number of nitro groups is 2. The number of halogens is 1. The Hall–Kier alpha value is -2.61. The molecular formula is C11H9ClN4O4. The van der Waals surface area contributed by atoms with Crippen molar-refractivity contribution in [2.24, 2.45) is 5.73 Å². The Balaban J connectivity index is 2.54. The molecule has 0 saturated heterocycles. The minimum atomic E-state index is -0.700. The van der Waals surface area contributed by atoms with Crippen LogP contribution in [0, 0.1) is 20.2 Å². The van der Waals surface area contributed by atoms with E-state index >= 15 is 0 Å². The fourth-order valence-corrected chi connectivity index (χ4v) is 1.98. The monoisotopic (exact) mass is 296 g/mol. The summed E-state index contributed by atoms with van der Waals surface area (Å²) in [6.45, 7) is 0. The number of hydrogen-bond donors (Lipinski definition) is 1. The standard InChI is InChI=1S/C11H9ClN4O4/c12-11-4-1-7(13)6-14(11)9-3-2-8(15(17)18)5-10(9)16(19)20/h1-6,11H,13H2. The van der Waals surface area contributed by atoms with Crippen molar-refractivity contribution in [3.05, 3.63) is 62.5 Å². The van der Waals surface area contributed by atoms with Gasteiger partial charge in [-0.25, -0.2) is 0 Å². The first-order chi connectivity index (χ1) is 9.40. The molecular weight excluding hydrogens is 288 g/mol. The minimum Gasteiger partial charge on any atom is -0.398 e. The van der Waals surface area contributed by atoms with Crippen LogP contribution in [0.4, 0.5) is 17.1 Å². The lowest BCUT2D eigenvalue weighted by Crippen LogP contribution is -2.28. The largest absolute Gasteiger partial charge is 0.398 e. The smallest absolute Gasteiger partial charge is 0.299 e. The van der Waals surface area contributed by atoms with Crippen molar-refractivity contribution in [2.45, 2.75) is 5.50 Å². The molecule has 1 aromatic rings. The van der Waals surface area contributed by atoms with Gasteiger partial charge in [0.05, 0.1) is 15.9 Å². The highest BCUT2D eigenvalue weighted by Gasteiger charge is 2.26. The quantitative estimate of drug-likeness (QED) is 0.396. The third-order valence-electron chi connectivity index (χ3n) is 2.65. The van der Waals surface area contributed by atoms with Gasteiger partial charge in [0.15, 0.2) is 0 Å². The lowest BCUT2D eigenvalue weighted by atomic mass is 10.2. The molecule has 0 saturated carbocycles. The van der Waals surface area contributed by atoms with E-state index in [2.05, 4.69) is 0 Å². The van der Waals surface area contributed by atoms with E-state index in [0.717, 1.165) is 6.07 Å². The summed E-state index contributed by atoms with van der Waals surface area (Å²) < 4.78 is 0. The predicted octanol–water partition coefficient (Wildman–Crippen LogP) is 2.24. The Labute approximate surface area is 118 Å². The molecule has 2 N–H and O–H groups in total. The summed E-state index contributed by atoms with van der Waals surface area (Å²) in [7, 11) is 0. The highest BCUT2D eigenvalue weighted by Crippen LogP contribution is 2.35. The first-order valence-corrected chi connectivity index (χ1v) is 5.84. The maximum atomic E-state index is 11.1. The normalized spacial score (nSPS) is 17.8. The number of alkyl halides is 1. The number of rotatable bonds is 3. The third kappa shape index (κ3) is 2.54. The predicted molar refractivity (Wildman–Crippen MR) is 73.3 cm³/mol. The molecule has 20 heavy (non-hydrogen) atoms. The summed E-state index contributed by atoms with van der Waals surface area (Å²) in [5.74, 6) is 0. The molecule has 1 aliphatic rings. The number of non-ortho nitro benzene ring substituents is 1. The minimum absolute atomic E-state index is 0.132. The molecule has 2 rings (SSSR count). The molecule has 104 valence electrons. The molecule has 0 spiro atoms. The van der Waals surface area contributed by atoms with Gasteiger partial charge in [-0.3, -0.25) is 20.2 Å². The van der Waals surface area contributed by atoms with E-state index in [1.807, 2.05) is 0 Å². The maximum Gasteiger partial charge on any atom is 0.299 e. The van der Waals surface area contributed by atoms with E-state index in [9.17, 15) is 20.2 Å². The van der Waals surface area contributed by atoms with Crippen LogP contribution in [0.25, 0.3) is 0 Å². The molecule has 0 amide bonds. The van der Waals surface area contributed by atoms with Gasteiger partial charge < -0.3 is 10.6 Å². The van der Waals surface area contributed by atoms with Gasteiger partial charge >= 0.3 is 0 Å². The Bertz CT molecular complexity index is 643. The Kier molecular flexibility index (Phi) is 3.57. The number of anilines is 1. The molecule has 0 radical (unpaired) electrons. The van der Waals surface area contributed by atoms with E-state index in [1.165, 1.54) is 23.2 Å². The zero-order valence-electron chi connectivity index (χ0n) is 9.97. The number of nitro benzene ring substituents is 2. The molecule has 1 aliphatic heterocycles. The van der Waals surface area contributed by atoms with Gasteiger partial charge in [0, 0.05) is 18.0 Å². The molecule has 0 aliphatic carbocycles. The zero-order chi connectivity index (χ0) is 14.9. The molecule has 9 heteroatoms. The van der Waals surface area contributed by atoms with Gasteiger partial charge in [0.2, 0.25) is 0 Å². The van der Waals surface area contributed by atoms with Crippen LogP contribution in [-0.2, 0) is 0 Å². The summed E-state index contributed by atoms with van der Waals surface area (Å²) >= 11 is 6.04. The number of hydrogen-bond acceptors (Lipinski definition) is 6. The Morgan fingerprint density at radius 1 is 1.25 bits per heavy atom. The first kappa shape index (κ1) is 13.8. The summed E-state index contributed by atoms with van der Waals surface area (Å²) in [6, 6.07) is 3.34. The first-order valence-electron chi connectivity index (χ1n) is 5.41. The average molecular weight is 297 g/mol. The van der Waals surface area contributed by atoms with E-state index in [1.54, 1.807) is 12.2 Å². The average Bonchev–Trinajstić information content (AvgIpc) is 2.40. The van der Waals surface area contributed by atoms with Crippen LogP contribution in [-0.4, -0.2) is 15.3 Å². The van der Waals surface area contributed by atoms with Crippen molar-refractivity contribution >= 4 is 28.7 Å². The zero-order valence-corrected chi connectivity index (χ0v) is 10.7. The molecule has 8 nitrogen and oxygen atoms in total. The van der Waals surface area contributed by atoms with Gasteiger partial charge in [0.1, 0.15) is 11.2 Å². The summed E-state index contributed by atoms with van der Waals surface area (Å²) in [6.07, 6.45) is 4.57. The van der Waals surface area contributed by atoms with Crippen molar-refractivity contribution in [1.82, 2.24) is 0 Å². The fourth-order valence-electron chi connectivity index (χ4n) is 1.75. The van der Waals surface area contributed by atoms with Crippen LogP contribution < -0.4 is 10.6 Å². The lowest BCUT2D eigenvalue weighted by Gasteiger charge is -2.26. The van der Waals surface area contributed by atoms with Crippen molar-refractivity contribution in [3.63, 3.8) is 0 Å². The van der Waals surface area contributed by atoms with Crippen LogP contribution in [0.1, 0.15) is 0 Å². The molecule has 1 aromatic carbocycles. The second kappa shape index (κ2) is 5.17. The van der Waals surface area contributed by atoms with Crippen LogP contribution in [0.15, 0.2) is 42.2 Å². The van der Waals surface area contributed by atoms with Gasteiger partial charge in [0.25, 0.3) is 11.4 Å². The molecule has 1 atom stereocenters. The SMILES string of the molecule is NC1=CN(c2ccc([N+](=O)[O-])cc2[N+](=O)[O-])C(Cl)C=C1. The molecule has 0 bridgehead atoms. The summed E-state index contributed by atoms with van der Waals surface area (Å²) in [4.78, 5) is 21.7. The number of nitrogens with two attached hydrogens (primary N) is 1. The summed E-state index contributed by atoms with van der Waals surface area (Å²) in [5, 5.41) is 21.8. The molecule has 1 heterocycles. The van der Waals surface area contributed by atoms with Crippen LogP contribution in [0.2, 0.25) is 0 Å². The van der Waals surface area contributed by atoms with Gasteiger partial charge in [-0.05, 0) is 18.2 Å². The van der Waals surface area contributed by atoms with E-state index in [-0.39, 0.29) is 11.4 Å². The molecule has 0 aromatic heterocycles. The lowest BCUT2D eigenvalue weighted by molar-refractivity contribution is -0.393. The Morgan fingerprint density at radius 2 is 1.95 bits per heavy atom. The van der Waals surface area contributed by atoms with Gasteiger partial charge in [-0.1, -0.05) is 11.6 Å². The number of nitrogens with zero attached hydrogens (tertiary/aromatic N) is 3. The molecule has 0 fully saturated rings. The van der Waals surface area contributed by atoms with E-state index in [4.69, 9.17) is 17.3 Å². The maximum absolute atomic E-state index is 11.1. The molecule has 1 unspecified atom stereocenters. The van der Waals surface area contributed by atoms with E-state index < -0.39 is 21.0 Å². The van der Waals surface area contributed by atoms with Crippen molar-refractivity contribution in [2.75, 3.05) is 4.90 Å². The number of benzene rings is 1. The third-order valence-corrected chi connectivity index (χ3v) is 3.00. The van der Waals surface area contributed by atoms with Crippen molar-refractivity contribution in [1.29, 1.82) is 0 Å². The Morgan fingerprint density at radius 3 is 2.55 bits per heavy atom. The topological polar surface area (TPSA) is 116 Å². The van der Waals surface area contributed by atoms with Gasteiger partial charge in [-0.15, -0.1) is 0 Å². The van der Waals surface area contributed by atoms with Crippen molar-refractivity contribution < 1.29 is 9.85 Å². The highest BCUT2D eigenvalue weighted by atomic mass is 35.5. The van der Waals surface area contributed by atoms with E-state index in [0.29, 0.717) is 5.70 Å². The second-order valence-electron chi connectivity index (χ2n) is 3.96. The van der Waals surface area contributed by atoms with Crippen LogP contribution >= 0.6 is 11.6 Å². The fraction of sp³-hybridized carbons (Fsp3) is 0.0909. The summed E-state index contributed by atoms with van der Waals surface area (Å²) in [5.41, 5.74) is 4.69. The van der Waals surface area contributed by atoms with Crippen LogP contribution in [0.5, 0.6) is 0 Å². The van der Waals surface area contributed by atoms with Crippen LogP contribution in [0.3, 0.4) is 0 Å².